The van der Waals surface area contributed by atoms with E-state index >= 15 is 0 Å². The smallest absolute Gasteiger partial charge is 0.350 e. The van der Waals surface area contributed by atoms with E-state index in [4.69, 9.17) is 4.74 Å². The summed E-state index contributed by atoms with van der Waals surface area (Å²) in [6.45, 7) is 7.61. The van der Waals surface area contributed by atoms with Crippen LogP contribution in [0.5, 0.6) is 0 Å². The molecule has 8 nitrogen and oxygen atoms in total. The maximum absolute atomic E-state index is 12.0. The zero-order chi connectivity index (χ0) is 21.5. The highest BCUT2D eigenvalue weighted by atomic mass is 32.1. The third-order valence-corrected chi connectivity index (χ3v) is 5.94. The highest BCUT2D eigenvalue weighted by Crippen LogP contribution is 2.24. The summed E-state index contributed by atoms with van der Waals surface area (Å²) in [5, 5.41) is 7.49. The lowest BCUT2D eigenvalue weighted by Crippen LogP contribution is -2.39. The average molecular weight is 429 g/mol. The number of thiazole rings is 1. The first-order chi connectivity index (χ1) is 14.5. The van der Waals surface area contributed by atoms with Gasteiger partial charge in [0.15, 0.2) is 5.96 Å². The van der Waals surface area contributed by atoms with Crippen LogP contribution in [0.15, 0.2) is 35.6 Å². The van der Waals surface area contributed by atoms with Crippen LogP contribution in [-0.2, 0) is 11.3 Å². The van der Waals surface area contributed by atoms with E-state index in [0.717, 1.165) is 35.6 Å². The normalized spacial score (nSPS) is 12.7. The summed E-state index contributed by atoms with van der Waals surface area (Å²) in [6.07, 6.45) is 2.81. The van der Waals surface area contributed by atoms with Gasteiger partial charge in [-0.15, -0.1) is 11.3 Å². The van der Waals surface area contributed by atoms with Gasteiger partial charge < -0.3 is 19.9 Å². The SMILES string of the molecule is CCOC(=O)c1sc(C(C)NC(=NC)NCCCn2cnc3ccccc32)nc1C. The monoisotopic (exact) mass is 428 g/mol. The summed E-state index contributed by atoms with van der Waals surface area (Å²) in [7, 11) is 1.74. The number of fused-ring (bicyclic) bond motifs is 1. The van der Waals surface area contributed by atoms with Crippen molar-refractivity contribution in [2.45, 2.75) is 39.8 Å². The second-order valence-corrected chi connectivity index (χ2v) is 7.86. The second kappa shape index (κ2) is 10.2. The molecule has 9 heteroatoms. The number of imidazole rings is 1. The maximum atomic E-state index is 12.0. The summed E-state index contributed by atoms with van der Waals surface area (Å²) in [5.74, 6) is 0.379. The zero-order valence-corrected chi connectivity index (χ0v) is 18.6. The van der Waals surface area contributed by atoms with E-state index in [0.29, 0.717) is 23.1 Å². The van der Waals surface area contributed by atoms with Gasteiger partial charge in [-0.1, -0.05) is 12.1 Å². The number of nitrogens with zero attached hydrogens (tertiary/aromatic N) is 4. The van der Waals surface area contributed by atoms with Crippen LogP contribution in [0.4, 0.5) is 0 Å². The number of benzene rings is 1. The van der Waals surface area contributed by atoms with Crippen molar-refractivity contribution >= 4 is 34.3 Å². The van der Waals surface area contributed by atoms with Crippen molar-refractivity contribution in [3.8, 4) is 0 Å². The lowest BCUT2D eigenvalue weighted by atomic mass is 10.3. The molecule has 0 amide bonds. The molecule has 2 aromatic heterocycles. The van der Waals surface area contributed by atoms with Crippen LogP contribution in [0.2, 0.25) is 0 Å². The van der Waals surface area contributed by atoms with Gasteiger partial charge in [-0.05, 0) is 39.3 Å². The Morgan fingerprint density at radius 2 is 2.17 bits per heavy atom. The fraction of sp³-hybridized carbons (Fsp3) is 0.429. The molecule has 0 spiro atoms. The minimum atomic E-state index is -0.319. The molecule has 0 aliphatic rings. The van der Waals surface area contributed by atoms with Gasteiger partial charge in [0.05, 0.1) is 35.7 Å². The molecule has 0 saturated heterocycles. The Morgan fingerprint density at radius 3 is 2.93 bits per heavy atom. The molecule has 0 aliphatic heterocycles. The van der Waals surface area contributed by atoms with E-state index in [9.17, 15) is 4.79 Å². The van der Waals surface area contributed by atoms with Gasteiger partial charge >= 0.3 is 5.97 Å². The first-order valence-electron chi connectivity index (χ1n) is 10.0. The van der Waals surface area contributed by atoms with E-state index < -0.39 is 0 Å². The van der Waals surface area contributed by atoms with Crippen molar-refractivity contribution in [3.05, 3.63) is 46.2 Å². The van der Waals surface area contributed by atoms with Crippen LogP contribution in [0.25, 0.3) is 11.0 Å². The molecule has 3 rings (SSSR count). The van der Waals surface area contributed by atoms with E-state index in [1.807, 2.05) is 38.4 Å². The minimum absolute atomic E-state index is 0.0827. The average Bonchev–Trinajstić information content (AvgIpc) is 3.34. The number of carbonyl (C=O) groups excluding carboxylic acids is 1. The van der Waals surface area contributed by atoms with Crippen molar-refractivity contribution < 1.29 is 9.53 Å². The van der Waals surface area contributed by atoms with Crippen molar-refractivity contribution in [1.82, 2.24) is 25.2 Å². The molecule has 0 fully saturated rings. The van der Waals surface area contributed by atoms with Gasteiger partial charge in [0.25, 0.3) is 0 Å². The number of nitrogens with one attached hydrogen (secondary N) is 2. The number of guanidine groups is 1. The fourth-order valence-corrected chi connectivity index (χ4v) is 4.06. The van der Waals surface area contributed by atoms with Gasteiger partial charge in [-0.25, -0.2) is 14.8 Å². The molecule has 0 aliphatic carbocycles. The lowest BCUT2D eigenvalue weighted by molar-refractivity contribution is 0.0531. The molecular formula is C21H28N6O2S. The Bertz CT molecular complexity index is 1030. The Kier molecular flexibility index (Phi) is 7.40. The highest BCUT2D eigenvalue weighted by molar-refractivity contribution is 7.13. The van der Waals surface area contributed by atoms with Crippen LogP contribution >= 0.6 is 11.3 Å². The van der Waals surface area contributed by atoms with Crippen LogP contribution in [0.3, 0.4) is 0 Å². The molecule has 1 atom stereocenters. The summed E-state index contributed by atoms with van der Waals surface area (Å²) in [6, 6.07) is 8.04. The summed E-state index contributed by atoms with van der Waals surface area (Å²) in [5.41, 5.74) is 2.85. The Balaban J connectivity index is 1.50. The Hall–Kier alpha value is -2.94. The summed E-state index contributed by atoms with van der Waals surface area (Å²) >= 11 is 1.35. The summed E-state index contributed by atoms with van der Waals surface area (Å²) in [4.78, 5) is 25.8. The van der Waals surface area contributed by atoms with Crippen LogP contribution in [0, 0.1) is 6.92 Å². The van der Waals surface area contributed by atoms with Crippen LogP contribution in [0.1, 0.15) is 46.7 Å². The van der Waals surface area contributed by atoms with Crippen LogP contribution in [-0.4, -0.2) is 46.7 Å². The Morgan fingerprint density at radius 1 is 1.37 bits per heavy atom. The number of hydrogen-bond donors (Lipinski definition) is 2. The Labute approximate surface area is 180 Å². The largest absolute Gasteiger partial charge is 0.462 e. The number of carbonyl (C=O) groups is 1. The van der Waals surface area contributed by atoms with Gasteiger partial charge in [0.2, 0.25) is 0 Å². The number of aromatic nitrogens is 3. The topological polar surface area (TPSA) is 93.4 Å². The molecule has 30 heavy (non-hydrogen) atoms. The first kappa shape index (κ1) is 21.8. The van der Waals surface area contributed by atoms with Crippen molar-refractivity contribution in [2.24, 2.45) is 4.99 Å². The molecule has 3 aromatic rings. The number of hydrogen-bond acceptors (Lipinski definition) is 6. The molecular weight excluding hydrogens is 400 g/mol. The predicted molar refractivity (Wildman–Crippen MR) is 120 cm³/mol. The molecule has 2 heterocycles. The molecule has 0 saturated carbocycles. The molecule has 0 bridgehead atoms. The van der Waals surface area contributed by atoms with Gasteiger partial charge in [-0.3, -0.25) is 4.99 Å². The highest BCUT2D eigenvalue weighted by Gasteiger charge is 2.20. The van der Waals surface area contributed by atoms with Gasteiger partial charge in [0.1, 0.15) is 9.88 Å². The van der Waals surface area contributed by atoms with Gasteiger partial charge in [-0.2, -0.15) is 0 Å². The molecule has 0 radical (unpaired) electrons. The number of para-hydroxylation sites is 2. The van der Waals surface area contributed by atoms with Crippen LogP contribution < -0.4 is 10.6 Å². The number of rotatable bonds is 8. The molecule has 160 valence electrons. The number of esters is 1. The first-order valence-corrected chi connectivity index (χ1v) is 10.9. The number of ether oxygens (including phenoxy) is 1. The third kappa shape index (κ3) is 5.15. The van der Waals surface area contributed by atoms with E-state index in [1.54, 1.807) is 14.0 Å². The quantitative estimate of drug-likeness (QED) is 0.247. The standard InChI is InChI=1S/C21H28N6O2S/c1-5-29-20(28)18-14(2)25-19(30-18)15(3)26-21(22-4)23-11-8-12-27-13-24-16-9-6-7-10-17(16)27/h6-7,9-10,13,15H,5,8,11-12H2,1-4H3,(H2,22,23,26). The minimum Gasteiger partial charge on any atom is -0.462 e. The van der Waals surface area contributed by atoms with Crippen molar-refractivity contribution in [1.29, 1.82) is 0 Å². The second-order valence-electron chi connectivity index (χ2n) is 6.83. The third-order valence-electron chi connectivity index (χ3n) is 4.62. The fourth-order valence-electron chi connectivity index (χ4n) is 3.09. The molecule has 2 N–H and O–H groups in total. The summed E-state index contributed by atoms with van der Waals surface area (Å²) < 4.78 is 7.25. The van der Waals surface area contributed by atoms with E-state index in [1.165, 1.54) is 11.3 Å². The van der Waals surface area contributed by atoms with E-state index in [-0.39, 0.29) is 12.0 Å². The number of aliphatic imine (C=N–C) groups is 1. The molecule has 1 aromatic carbocycles. The maximum Gasteiger partial charge on any atom is 0.350 e. The van der Waals surface area contributed by atoms with Crippen molar-refractivity contribution in [3.63, 3.8) is 0 Å². The number of aryl methyl sites for hydroxylation is 2. The molecule has 1 unspecified atom stereocenters. The van der Waals surface area contributed by atoms with Crippen molar-refractivity contribution in [2.75, 3.05) is 20.2 Å². The predicted octanol–water partition coefficient (Wildman–Crippen LogP) is 3.29. The van der Waals surface area contributed by atoms with E-state index in [2.05, 4.69) is 36.2 Å². The zero-order valence-electron chi connectivity index (χ0n) is 17.8. The van der Waals surface area contributed by atoms with Gasteiger partial charge in [0, 0.05) is 20.1 Å². The lowest BCUT2D eigenvalue weighted by Gasteiger charge is -2.16.